The standard InChI is InChI=1S/C21H26N4O3/c1-16-4-6-18(7-5-16)28-14-2-3-20(26)24-17-8-12-25(13-9-17)21(27)19-15-22-10-11-23-19/h4-7,10-11,15,17H,2-3,8-9,12-14H2,1H3,(H,24,26). The monoisotopic (exact) mass is 382 g/mol. The number of likely N-dealkylation sites (tertiary alicyclic amines) is 1. The molecule has 0 aliphatic carbocycles. The lowest BCUT2D eigenvalue weighted by Gasteiger charge is -2.32. The van der Waals surface area contributed by atoms with E-state index in [0.717, 1.165) is 18.6 Å². The Kier molecular flexibility index (Phi) is 6.94. The van der Waals surface area contributed by atoms with Gasteiger partial charge in [-0.1, -0.05) is 17.7 Å². The number of aromatic nitrogens is 2. The third-order valence-corrected chi connectivity index (χ3v) is 4.77. The van der Waals surface area contributed by atoms with Crippen LogP contribution in [0.25, 0.3) is 0 Å². The number of carbonyl (C=O) groups is 2. The van der Waals surface area contributed by atoms with Gasteiger partial charge in [0.1, 0.15) is 11.4 Å². The number of rotatable bonds is 7. The van der Waals surface area contributed by atoms with Crippen molar-refractivity contribution in [3.63, 3.8) is 0 Å². The van der Waals surface area contributed by atoms with Crippen molar-refractivity contribution in [3.8, 4) is 5.75 Å². The van der Waals surface area contributed by atoms with Crippen LogP contribution >= 0.6 is 0 Å². The molecule has 148 valence electrons. The van der Waals surface area contributed by atoms with Gasteiger partial charge in [0.05, 0.1) is 12.8 Å². The Hall–Kier alpha value is -2.96. The summed E-state index contributed by atoms with van der Waals surface area (Å²) in [4.78, 5) is 34.3. The molecule has 2 amide bonds. The Balaban J connectivity index is 1.32. The van der Waals surface area contributed by atoms with Gasteiger partial charge in [0.15, 0.2) is 0 Å². The second-order valence-electron chi connectivity index (χ2n) is 6.99. The summed E-state index contributed by atoms with van der Waals surface area (Å²) < 4.78 is 5.65. The number of amides is 2. The first-order chi connectivity index (χ1) is 13.6. The SMILES string of the molecule is Cc1ccc(OCCCC(=O)NC2CCN(C(=O)c3cnccn3)CC2)cc1. The van der Waals surface area contributed by atoms with Gasteiger partial charge >= 0.3 is 0 Å². The first-order valence-corrected chi connectivity index (χ1v) is 9.66. The highest BCUT2D eigenvalue weighted by atomic mass is 16.5. The molecule has 28 heavy (non-hydrogen) atoms. The summed E-state index contributed by atoms with van der Waals surface area (Å²) in [6.07, 6.45) is 7.14. The summed E-state index contributed by atoms with van der Waals surface area (Å²) in [5.41, 5.74) is 1.55. The van der Waals surface area contributed by atoms with Gasteiger partial charge in [-0.2, -0.15) is 0 Å². The maximum Gasteiger partial charge on any atom is 0.274 e. The second-order valence-corrected chi connectivity index (χ2v) is 6.99. The van der Waals surface area contributed by atoms with Gasteiger partial charge in [-0.15, -0.1) is 0 Å². The fourth-order valence-electron chi connectivity index (χ4n) is 3.16. The van der Waals surface area contributed by atoms with E-state index in [1.165, 1.54) is 18.0 Å². The zero-order chi connectivity index (χ0) is 19.8. The Morgan fingerprint density at radius 3 is 2.61 bits per heavy atom. The van der Waals surface area contributed by atoms with Crippen LogP contribution in [0.2, 0.25) is 0 Å². The summed E-state index contributed by atoms with van der Waals surface area (Å²) in [7, 11) is 0. The molecular weight excluding hydrogens is 356 g/mol. The van der Waals surface area contributed by atoms with Gasteiger partial charge in [0, 0.05) is 37.9 Å². The van der Waals surface area contributed by atoms with Crippen LogP contribution in [0.3, 0.4) is 0 Å². The number of nitrogens with zero attached hydrogens (tertiary/aromatic N) is 3. The van der Waals surface area contributed by atoms with E-state index in [1.54, 1.807) is 11.1 Å². The summed E-state index contributed by atoms with van der Waals surface area (Å²) in [5, 5.41) is 3.06. The highest BCUT2D eigenvalue weighted by molar-refractivity contribution is 5.92. The number of ether oxygens (including phenoxy) is 1. The molecule has 0 saturated carbocycles. The van der Waals surface area contributed by atoms with Crippen LogP contribution in [-0.2, 0) is 4.79 Å². The third kappa shape index (κ3) is 5.77. The largest absolute Gasteiger partial charge is 0.494 e. The molecule has 0 atom stereocenters. The first-order valence-electron chi connectivity index (χ1n) is 9.66. The van der Waals surface area contributed by atoms with Crippen LogP contribution in [0, 0.1) is 6.92 Å². The van der Waals surface area contributed by atoms with Gasteiger partial charge < -0.3 is 15.0 Å². The van der Waals surface area contributed by atoms with Crippen LogP contribution in [0.5, 0.6) is 5.75 Å². The lowest BCUT2D eigenvalue weighted by molar-refractivity contribution is -0.122. The van der Waals surface area contributed by atoms with E-state index in [4.69, 9.17) is 4.74 Å². The highest BCUT2D eigenvalue weighted by Crippen LogP contribution is 2.14. The van der Waals surface area contributed by atoms with Crippen molar-refractivity contribution in [2.24, 2.45) is 0 Å². The third-order valence-electron chi connectivity index (χ3n) is 4.77. The Labute approximate surface area is 165 Å². The molecule has 0 spiro atoms. The maximum absolute atomic E-state index is 12.4. The number of benzene rings is 1. The summed E-state index contributed by atoms with van der Waals surface area (Å²) in [6, 6.07) is 7.99. The van der Waals surface area contributed by atoms with Gasteiger partial charge in [-0.3, -0.25) is 14.6 Å². The van der Waals surface area contributed by atoms with Crippen LogP contribution < -0.4 is 10.1 Å². The van der Waals surface area contributed by atoms with Crippen molar-refractivity contribution < 1.29 is 14.3 Å². The highest BCUT2D eigenvalue weighted by Gasteiger charge is 2.25. The molecule has 1 aromatic heterocycles. The molecule has 1 fully saturated rings. The van der Waals surface area contributed by atoms with Crippen LogP contribution in [0.4, 0.5) is 0 Å². The van der Waals surface area contributed by atoms with Gasteiger partial charge in [0.2, 0.25) is 5.91 Å². The lowest BCUT2D eigenvalue weighted by Crippen LogP contribution is -2.46. The number of aryl methyl sites for hydroxylation is 1. The maximum atomic E-state index is 12.4. The number of hydrogen-bond acceptors (Lipinski definition) is 5. The molecule has 7 heteroatoms. The van der Waals surface area contributed by atoms with Crippen molar-refractivity contribution >= 4 is 11.8 Å². The van der Waals surface area contributed by atoms with Crippen LogP contribution in [-0.4, -0.2) is 52.4 Å². The Bertz CT molecular complexity index is 772. The van der Waals surface area contributed by atoms with E-state index < -0.39 is 0 Å². The number of nitrogens with one attached hydrogen (secondary N) is 1. The van der Waals surface area contributed by atoms with Crippen molar-refractivity contribution in [1.29, 1.82) is 0 Å². The fourth-order valence-corrected chi connectivity index (χ4v) is 3.16. The van der Waals surface area contributed by atoms with Crippen molar-refractivity contribution in [2.75, 3.05) is 19.7 Å². The summed E-state index contributed by atoms with van der Waals surface area (Å²) in [6.45, 7) is 3.76. The normalized spacial score (nSPS) is 14.5. The van der Waals surface area contributed by atoms with E-state index in [0.29, 0.717) is 38.2 Å². The van der Waals surface area contributed by atoms with Gasteiger partial charge in [-0.25, -0.2) is 4.98 Å². The molecule has 2 aromatic rings. The topological polar surface area (TPSA) is 84.4 Å². The number of piperidine rings is 1. The van der Waals surface area contributed by atoms with Gasteiger partial charge in [0.25, 0.3) is 5.91 Å². The zero-order valence-corrected chi connectivity index (χ0v) is 16.1. The Morgan fingerprint density at radius 2 is 1.93 bits per heavy atom. The van der Waals surface area contributed by atoms with Crippen molar-refractivity contribution in [1.82, 2.24) is 20.2 Å². The van der Waals surface area contributed by atoms with Crippen LogP contribution in [0.15, 0.2) is 42.9 Å². The molecule has 1 N–H and O–H groups in total. The van der Waals surface area contributed by atoms with E-state index in [1.807, 2.05) is 31.2 Å². The van der Waals surface area contributed by atoms with E-state index >= 15 is 0 Å². The molecule has 0 unspecified atom stereocenters. The van der Waals surface area contributed by atoms with Crippen molar-refractivity contribution in [2.45, 2.75) is 38.6 Å². The minimum atomic E-state index is -0.105. The van der Waals surface area contributed by atoms with E-state index in [2.05, 4.69) is 15.3 Å². The molecule has 7 nitrogen and oxygen atoms in total. The van der Waals surface area contributed by atoms with Gasteiger partial charge in [-0.05, 0) is 38.3 Å². The number of hydrogen-bond donors (Lipinski definition) is 1. The Morgan fingerprint density at radius 1 is 1.18 bits per heavy atom. The van der Waals surface area contributed by atoms with Crippen LogP contribution in [0.1, 0.15) is 41.7 Å². The molecular formula is C21H26N4O3. The smallest absolute Gasteiger partial charge is 0.274 e. The quantitative estimate of drug-likeness (QED) is 0.743. The minimum absolute atomic E-state index is 0.0335. The molecule has 3 rings (SSSR count). The molecule has 0 bridgehead atoms. The fraction of sp³-hybridized carbons (Fsp3) is 0.429. The minimum Gasteiger partial charge on any atom is -0.494 e. The first kappa shape index (κ1) is 19.8. The molecule has 1 saturated heterocycles. The summed E-state index contributed by atoms with van der Waals surface area (Å²) >= 11 is 0. The number of carbonyl (C=O) groups excluding carboxylic acids is 2. The van der Waals surface area contributed by atoms with E-state index in [9.17, 15) is 9.59 Å². The predicted octanol–water partition coefficient (Wildman–Crippen LogP) is 2.37. The van der Waals surface area contributed by atoms with E-state index in [-0.39, 0.29) is 17.9 Å². The average Bonchev–Trinajstić information content (AvgIpc) is 2.73. The molecule has 0 radical (unpaired) electrons. The molecule has 1 aliphatic rings. The molecule has 1 aromatic carbocycles. The lowest BCUT2D eigenvalue weighted by atomic mass is 10.0. The van der Waals surface area contributed by atoms with Crippen molar-refractivity contribution in [3.05, 3.63) is 54.1 Å². The second kappa shape index (κ2) is 9.82. The molecule has 2 heterocycles. The zero-order valence-electron chi connectivity index (χ0n) is 16.1. The molecule has 1 aliphatic heterocycles. The predicted molar refractivity (Wildman–Crippen MR) is 105 cm³/mol. The average molecular weight is 382 g/mol. The summed E-state index contributed by atoms with van der Waals surface area (Å²) in [5.74, 6) is 0.753.